The SMILES string of the molecule is CCOc1ccc(C2C(C(=O)c3ccc(C)o3)=C(O)C(=O)N2c2nc3ccc(CC)cc3s2)cc1. The van der Waals surface area contributed by atoms with Crippen LogP contribution in [0.5, 0.6) is 5.75 Å². The number of furan rings is 1. The van der Waals surface area contributed by atoms with Crippen LogP contribution in [-0.2, 0) is 11.2 Å². The van der Waals surface area contributed by atoms with E-state index in [9.17, 15) is 14.7 Å². The van der Waals surface area contributed by atoms with Crippen molar-refractivity contribution in [3.8, 4) is 5.75 Å². The first kappa shape index (κ1) is 22.9. The zero-order chi connectivity index (χ0) is 24.7. The summed E-state index contributed by atoms with van der Waals surface area (Å²) >= 11 is 1.35. The minimum atomic E-state index is -0.873. The number of Topliss-reactive ketones (excluding diaryl/α,β-unsaturated/α-hetero) is 1. The van der Waals surface area contributed by atoms with Crippen LogP contribution in [0.25, 0.3) is 10.2 Å². The van der Waals surface area contributed by atoms with Crippen LogP contribution >= 0.6 is 11.3 Å². The Hall–Kier alpha value is -3.91. The van der Waals surface area contributed by atoms with Crippen LogP contribution < -0.4 is 9.64 Å². The number of hydrogen-bond acceptors (Lipinski definition) is 7. The van der Waals surface area contributed by atoms with Crippen molar-refractivity contribution in [2.24, 2.45) is 0 Å². The van der Waals surface area contributed by atoms with Crippen LogP contribution in [0.4, 0.5) is 5.13 Å². The van der Waals surface area contributed by atoms with E-state index in [1.807, 2.05) is 25.1 Å². The maximum Gasteiger partial charge on any atom is 0.296 e. The van der Waals surface area contributed by atoms with Gasteiger partial charge in [0.25, 0.3) is 5.91 Å². The Morgan fingerprint density at radius 2 is 1.91 bits per heavy atom. The molecule has 0 bridgehead atoms. The highest BCUT2D eigenvalue weighted by atomic mass is 32.1. The minimum absolute atomic E-state index is 0.0398. The lowest BCUT2D eigenvalue weighted by molar-refractivity contribution is -0.117. The summed E-state index contributed by atoms with van der Waals surface area (Å²) in [6.07, 6.45) is 0.879. The Bertz CT molecular complexity index is 1460. The maximum atomic E-state index is 13.5. The van der Waals surface area contributed by atoms with Gasteiger partial charge in [-0.25, -0.2) is 4.98 Å². The topological polar surface area (TPSA) is 92.9 Å². The summed E-state index contributed by atoms with van der Waals surface area (Å²) in [5.41, 5.74) is 2.52. The lowest BCUT2D eigenvalue weighted by atomic mass is 9.95. The quantitative estimate of drug-likeness (QED) is 0.324. The number of rotatable bonds is 7. The molecule has 0 aliphatic carbocycles. The fourth-order valence-electron chi connectivity index (χ4n) is 4.23. The van der Waals surface area contributed by atoms with Crippen LogP contribution in [0.1, 0.15) is 47.3 Å². The molecule has 35 heavy (non-hydrogen) atoms. The lowest BCUT2D eigenvalue weighted by Gasteiger charge is -2.24. The van der Waals surface area contributed by atoms with E-state index in [4.69, 9.17) is 9.15 Å². The zero-order valence-electron chi connectivity index (χ0n) is 19.6. The standard InChI is InChI=1S/C27H24N2O5S/c1-4-16-7-12-19-21(14-16)35-27(28-19)29-23(17-8-10-18(11-9-17)33-5-2)22(25(31)26(29)32)24(30)20-13-6-15(3)34-20/h6-14,23,31H,4-5H2,1-3H3. The smallest absolute Gasteiger partial charge is 0.296 e. The van der Waals surface area contributed by atoms with Crippen molar-refractivity contribution in [1.82, 2.24) is 4.98 Å². The van der Waals surface area contributed by atoms with Crippen LogP contribution in [0, 0.1) is 6.92 Å². The molecule has 1 aliphatic rings. The largest absolute Gasteiger partial charge is 0.503 e. The van der Waals surface area contributed by atoms with Gasteiger partial charge in [-0.05, 0) is 67.8 Å². The van der Waals surface area contributed by atoms with Crippen LogP contribution in [0.3, 0.4) is 0 Å². The van der Waals surface area contributed by atoms with Gasteiger partial charge in [0.05, 0.1) is 28.4 Å². The van der Waals surface area contributed by atoms with Crippen molar-refractivity contribution >= 4 is 38.4 Å². The predicted molar refractivity (Wildman–Crippen MR) is 134 cm³/mol. The average molecular weight is 489 g/mol. The Labute approximate surface area is 206 Å². The predicted octanol–water partition coefficient (Wildman–Crippen LogP) is 5.94. The molecule has 7 nitrogen and oxygen atoms in total. The number of amides is 1. The summed E-state index contributed by atoms with van der Waals surface area (Å²) in [5.74, 6) is -0.528. The molecule has 3 heterocycles. The molecule has 0 saturated heterocycles. The minimum Gasteiger partial charge on any atom is -0.503 e. The molecule has 4 aromatic rings. The lowest BCUT2D eigenvalue weighted by Crippen LogP contribution is -2.30. The summed E-state index contributed by atoms with van der Waals surface area (Å²) in [5, 5.41) is 11.3. The Balaban J connectivity index is 1.64. The second-order valence-corrected chi connectivity index (χ2v) is 9.24. The van der Waals surface area contributed by atoms with Crippen molar-refractivity contribution in [3.63, 3.8) is 0 Å². The molecule has 5 rings (SSSR count). The Morgan fingerprint density at radius 3 is 2.57 bits per heavy atom. The number of aryl methyl sites for hydroxylation is 2. The molecule has 0 fully saturated rings. The molecule has 0 radical (unpaired) electrons. The molecule has 0 saturated carbocycles. The second kappa shape index (κ2) is 9.03. The summed E-state index contributed by atoms with van der Waals surface area (Å²) in [4.78, 5) is 32.9. The van der Waals surface area contributed by atoms with Gasteiger partial charge in [-0.2, -0.15) is 0 Å². The van der Waals surface area contributed by atoms with Crippen LogP contribution in [-0.4, -0.2) is 28.4 Å². The van der Waals surface area contributed by atoms with Crippen molar-refractivity contribution in [2.45, 2.75) is 33.2 Å². The van der Waals surface area contributed by atoms with E-state index >= 15 is 0 Å². The summed E-state index contributed by atoms with van der Waals surface area (Å²) in [7, 11) is 0. The van der Waals surface area contributed by atoms with Gasteiger partial charge < -0.3 is 14.3 Å². The second-order valence-electron chi connectivity index (χ2n) is 8.23. The Morgan fingerprint density at radius 1 is 1.14 bits per heavy atom. The third kappa shape index (κ3) is 4.00. The number of aliphatic hydroxyl groups is 1. The van der Waals surface area contributed by atoms with E-state index < -0.39 is 23.5 Å². The molecule has 1 amide bonds. The van der Waals surface area contributed by atoms with Gasteiger partial charge in [-0.15, -0.1) is 0 Å². The van der Waals surface area contributed by atoms with E-state index in [2.05, 4.69) is 11.9 Å². The number of nitrogens with zero attached hydrogens (tertiary/aromatic N) is 2. The molecule has 178 valence electrons. The molecule has 2 aromatic heterocycles. The normalized spacial score (nSPS) is 15.9. The first-order valence-electron chi connectivity index (χ1n) is 11.4. The molecule has 2 aromatic carbocycles. The number of anilines is 1. The monoisotopic (exact) mass is 488 g/mol. The number of aromatic nitrogens is 1. The molecule has 1 aliphatic heterocycles. The highest BCUT2D eigenvalue weighted by molar-refractivity contribution is 7.22. The van der Waals surface area contributed by atoms with Gasteiger partial charge in [-0.1, -0.05) is 36.5 Å². The van der Waals surface area contributed by atoms with Gasteiger partial charge in [0, 0.05) is 0 Å². The first-order valence-corrected chi connectivity index (χ1v) is 12.2. The van der Waals surface area contributed by atoms with Crippen molar-refractivity contribution in [3.05, 3.63) is 88.6 Å². The van der Waals surface area contributed by atoms with E-state index in [0.717, 1.165) is 22.2 Å². The molecule has 1 N–H and O–H groups in total. The third-order valence-corrected chi connectivity index (χ3v) is 7.00. The first-order chi connectivity index (χ1) is 16.9. The van der Waals surface area contributed by atoms with E-state index in [1.54, 1.807) is 43.3 Å². The summed E-state index contributed by atoms with van der Waals surface area (Å²) in [6.45, 7) is 6.21. The van der Waals surface area contributed by atoms with Crippen LogP contribution in [0.15, 0.2) is 70.3 Å². The highest BCUT2D eigenvalue weighted by Crippen LogP contribution is 2.44. The molecule has 1 atom stereocenters. The highest BCUT2D eigenvalue weighted by Gasteiger charge is 2.46. The van der Waals surface area contributed by atoms with E-state index in [-0.39, 0.29) is 11.3 Å². The van der Waals surface area contributed by atoms with Crippen molar-refractivity contribution in [1.29, 1.82) is 0 Å². The van der Waals surface area contributed by atoms with Gasteiger partial charge in [0.15, 0.2) is 16.7 Å². The zero-order valence-corrected chi connectivity index (χ0v) is 20.4. The molecular formula is C27H24N2O5S. The third-order valence-electron chi connectivity index (χ3n) is 5.98. The number of carbonyl (C=O) groups is 2. The maximum absolute atomic E-state index is 13.5. The van der Waals surface area contributed by atoms with E-state index in [0.29, 0.717) is 28.8 Å². The average Bonchev–Trinajstić information content (AvgIpc) is 3.55. The van der Waals surface area contributed by atoms with Crippen molar-refractivity contribution in [2.75, 3.05) is 11.5 Å². The molecule has 1 unspecified atom stereocenters. The van der Waals surface area contributed by atoms with E-state index in [1.165, 1.54) is 16.2 Å². The number of carbonyl (C=O) groups excluding carboxylic acids is 2. The van der Waals surface area contributed by atoms with Crippen molar-refractivity contribution < 1.29 is 23.8 Å². The van der Waals surface area contributed by atoms with Gasteiger partial charge in [0.1, 0.15) is 11.5 Å². The fraction of sp³-hybridized carbons (Fsp3) is 0.222. The van der Waals surface area contributed by atoms with Gasteiger partial charge >= 0.3 is 0 Å². The number of aliphatic hydroxyl groups excluding tert-OH is 1. The molecule has 0 spiro atoms. The number of ether oxygens (including phenoxy) is 1. The van der Waals surface area contributed by atoms with Gasteiger partial charge in [0.2, 0.25) is 5.78 Å². The van der Waals surface area contributed by atoms with Gasteiger partial charge in [-0.3, -0.25) is 14.5 Å². The summed E-state index contributed by atoms with van der Waals surface area (Å²) in [6, 6.07) is 15.5. The molecule has 8 heteroatoms. The number of hydrogen-bond donors (Lipinski definition) is 1. The fourth-order valence-corrected chi connectivity index (χ4v) is 5.29. The van der Waals surface area contributed by atoms with Crippen LogP contribution in [0.2, 0.25) is 0 Å². The number of ketones is 1. The Kier molecular flexibility index (Phi) is 5.90. The molecular weight excluding hydrogens is 464 g/mol. The number of fused-ring (bicyclic) bond motifs is 1. The summed E-state index contributed by atoms with van der Waals surface area (Å²) < 4.78 is 12.0. The number of benzene rings is 2. The number of thiazole rings is 1.